The maximum absolute atomic E-state index is 14.1. The minimum Gasteiger partial charge on any atom is -0.392 e. The Morgan fingerprint density at radius 2 is 1.95 bits per heavy atom. The van der Waals surface area contributed by atoms with Gasteiger partial charge < -0.3 is 9.74 Å². The molecule has 1 atom stereocenters. The van der Waals surface area contributed by atoms with E-state index in [0.717, 1.165) is 18.4 Å². The average Bonchev–Trinajstić information content (AvgIpc) is 3.18. The fourth-order valence-electron chi connectivity index (χ4n) is 2.86. The highest BCUT2D eigenvalue weighted by Gasteiger charge is 2.46. The van der Waals surface area contributed by atoms with Gasteiger partial charge in [0, 0.05) is 19.5 Å². The van der Waals surface area contributed by atoms with Crippen molar-refractivity contribution >= 4 is 11.6 Å². The van der Waals surface area contributed by atoms with Gasteiger partial charge in [-0.2, -0.15) is 8.78 Å². The highest BCUT2D eigenvalue weighted by Crippen LogP contribution is 2.30. The number of hydrogen-bond acceptors (Lipinski definition) is 3. The number of hydrogen-bond donors (Lipinski definition) is 0. The number of amides is 1. The summed E-state index contributed by atoms with van der Waals surface area (Å²) in [5.74, 6) is -4.47. The third-order valence-electron chi connectivity index (χ3n) is 4.03. The lowest BCUT2D eigenvalue weighted by Crippen LogP contribution is -2.44. The summed E-state index contributed by atoms with van der Waals surface area (Å²) in [5.41, 5.74) is 1.51. The summed E-state index contributed by atoms with van der Waals surface area (Å²) in [4.78, 5) is 18.2. The molecule has 1 aromatic rings. The second kappa shape index (κ2) is 6.02. The largest absolute Gasteiger partial charge is 0.392 e. The smallest absolute Gasteiger partial charge is 0.328 e. The third-order valence-corrected chi connectivity index (χ3v) is 4.03. The van der Waals surface area contributed by atoms with Crippen LogP contribution in [-0.4, -0.2) is 41.6 Å². The fourth-order valence-corrected chi connectivity index (χ4v) is 2.86. The molecule has 1 unspecified atom stereocenters. The standard InChI is InChI=1S/C16H18F2N2O2/c17-16(18,15(21)20-8-4-5-9-20)11-13-10-14(19-22-13)12-6-2-1-3-7-12/h1-3,6-7,13H,4-5,8-11H2. The van der Waals surface area contributed by atoms with Crippen LogP contribution >= 0.6 is 0 Å². The Kier molecular flexibility index (Phi) is 4.09. The van der Waals surface area contributed by atoms with E-state index in [1.807, 2.05) is 30.3 Å². The van der Waals surface area contributed by atoms with E-state index in [1.54, 1.807) is 0 Å². The first kappa shape index (κ1) is 14.9. The number of oxime groups is 1. The fraction of sp³-hybridized carbons (Fsp3) is 0.500. The highest BCUT2D eigenvalue weighted by molar-refractivity contribution is 6.01. The molecule has 0 saturated carbocycles. The number of halogens is 2. The molecule has 2 aliphatic rings. The van der Waals surface area contributed by atoms with Gasteiger partial charge >= 0.3 is 5.92 Å². The predicted molar refractivity (Wildman–Crippen MR) is 77.8 cm³/mol. The molecule has 0 bridgehead atoms. The molecule has 4 nitrogen and oxygen atoms in total. The second-order valence-corrected chi connectivity index (χ2v) is 5.74. The monoisotopic (exact) mass is 308 g/mol. The van der Waals surface area contributed by atoms with Crippen LogP contribution in [0.2, 0.25) is 0 Å². The molecule has 2 heterocycles. The molecule has 2 aliphatic heterocycles. The Morgan fingerprint density at radius 3 is 2.64 bits per heavy atom. The first-order chi connectivity index (χ1) is 10.6. The van der Waals surface area contributed by atoms with Gasteiger partial charge in [-0.1, -0.05) is 35.5 Å². The zero-order valence-corrected chi connectivity index (χ0v) is 12.2. The Bertz CT molecular complexity index is 569. The van der Waals surface area contributed by atoms with Gasteiger partial charge in [0.05, 0.1) is 12.1 Å². The summed E-state index contributed by atoms with van der Waals surface area (Å²) in [6.45, 7) is 0.845. The van der Waals surface area contributed by atoms with Gasteiger partial charge in [0.2, 0.25) is 0 Å². The Balaban J connectivity index is 1.59. The molecule has 1 amide bonds. The zero-order valence-electron chi connectivity index (χ0n) is 12.2. The van der Waals surface area contributed by atoms with Crippen molar-refractivity contribution in [2.24, 2.45) is 5.16 Å². The van der Waals surface area contributed by atoms with Crippen molar-refractivity contribution in [1.82, 2.24) is 4.90 Å². The van der Waals surface area contributed by atoms with Crippen molar-refractivity contribution in [3.05, 3.63) is 35.9 Å². The number of rotatable bonds is 4. The third kappa shape index (κ3) is 3.10. The van der Waals surface area contributed by atoms with Gasteiger partial charge in [-0.3, -0.25) is 4.79 Å². The van der Waals surface area contributed by atoms with E-state index in [-0.39, 0.29) is 0 Å². The molecule has 22 heavy (non-hydrogen) atoms. The summed E-state index contributed by atoms with van der Waals surface area (Å²) in [6.07, 6.45) is 0.512. The van der Waals surface area contributed by atoms with E-state index in [1.165, 1.54) is 4.90 Å². The van der Waals surface area contributed by atoms with Crippen LogP contribution < -0.4 is 0 Å². The van der Waals surface area contributed by atoms with E-state index in [2.05, 4.69) is 5.16 Å². The SMILES string of the molecule is O=C(N1CCCC1)C(F)(F)CC1CC(c2ccccc2)=NO1. The second-order valence-electron chi connectivity index (χ2n) is 5.74. The maximum Gasteiger partial charge on any atom is 0.328 e. The molecule has 0 aliphatic carbocycles. The van der Waals surface area contributed by atoms with E-state index in [0.29, 0.717) is 25.2 Å². The summed E-state index contributed by atoms with van der Waals surface area (Å²) in [7, 11) is 0. The van der Waals surface area contributed by atoms with Gasteiger partial charge in [0.15, 0.2) is 0 Å². The van der Waals surface area contributed by atoms with Crippen LogP contribution in [0.4, 0.5) is 8.78 Å². The number of benzene rings is 1. The topological polar surface area (TPSA) is 41.9 Å². The number of likely N-dealkylation sites (tertiary alicyclic amines) is 1. The van der Waals surface area contributed by atoms with Crippen LogP contribution in [0, 0.1) is 0 Å². The lowest BCUT2D eigenvalue weighted by Gasteiger charge is -2.23. The van der Waals surface area contributed by atoms with Crippen molar-refractivity contribution in [2.45, 2.75) is 37.7 Å². The van der Waals surface area contributed by atoms with Crippen molar-refractivity contribution in [3.8, 4) is 0 Å². The van der Waals surface area contributed by atoms with E-state index < -0.39 is 24.4 Å². The quantitative estimate of drug-likeness (QED) is 0.858. The van der Waals surface area contributed by atoms with E-state index in [9.17, 15) is 13.6 Å². The first-order valence-electron chi connectivity index (χ1n) is 7.51. The molecular weight excluding hydrogens is 290 g/mol. The Morgan fingerprint density at radius 1 is 1.27 bits per heavy atom. The van der Waals surface area contributed by atoms with Crippen LogP contribution in [-0.2, 0) is 9.63 Å². The van der Waals surface area contributed by atoms with Crippen LogP contribution in [0.3, 0.4) is 0 Å². The normalized spacial score (nSPS) is 21.6. The molecule has 6 heteroatoms. The summed E-state index contributed by atoms with van der Waals surface area (Å²) in [5, 5.41) is 3.89. The molecule has 1 saturated heterocycles. The van der Waals surface area contributed by atoms with Gasteiger partial charge in [-0.05, 0) is 18.4 Å². The molecule has 0 aromatic heterocycles. The minimum atomic E-state index is -3.39. The minimum absolute atomic E-state index is 0.298. The summed E-state index contributed by atoms with van der Waals surface area (Å²) < 4.78 is 28.3. The molecular formula is C16H18F2N2O2. The molecule has 1 aromatic carbocycles. The lowest BCUT2D eigenvalue weighted by atomic mass is 10.0. The predicted octanol–water partition coefficient (Wildman–Crippen LogP) is 2.83. The maximum atomic E-state index is 14.1. The Hall–Kier alpha value is -1.98. The van der Waals surface area contributed by atoms with E-state index >= 15 is 0 Å². The number of nitrogens with zero attached hydrogens (tertiary/aromatic N) is 2. The van der Waals surface area contributed by atoms with Gasteiger partial charge in [-0.15, -0.1) is 0 Å². The molecule has 0 spiro atoms. The van der Waals surface area contributed by atoms with Crippen LogP contribution in [0.1, 0.15) is 31.2 Å². The number of carbonyl (C=O) groups is 1. The molecule has 0 radical (unpaired) electrons. The molecule has 3 rings (SSSR count). The van der Waals surface area contributed by atoms with Gasteiger partial charge in [-0.25, -0.2) is 0 Å². The summed E-state index contributed by atoms with van der Waals surface area (Å²) in [6, 6.07) is 9.31. The van der Waals surface area contributed by atoms with Gasteiger partial charge in [0.25, 0.3) is 5.91 Å². The molecule has 1 fully saturated rings. The molecule has 0 N–H and O–H groups in total. The lowest BCUT2D eigenvalue weighted by molar-refractivity contribution is -0.161. The number of alkyl halides is 2. The first-order valence-corrected chi connectivity index (χ1v) is 7.51. The van der Waals surface area contributed by atoms with Gasteiger partial charge in [0.1, 0.15) is 6.10 Å². The van der Waals surface area contributed by atoms with Crippen molar-refractivity contribution in [1.29, 1.82) is 0 Å². The summed E-state index contributed by atoms with van der Waals surface area (Å²) >= 11 is 0. The van der Waals surface area contributed by atoms with Crippen LogP contribution in [0.5, 0.6) is 0 Å². The number of carbonyl (C=O) groups excluding carboxylic acids is 1. The van der Waals surface area contributed by atoms with E-state index in [4.69, 9.17) is 4.84 Å². The van der Waals surface area contributed by atoms with Crippen molar-refractivity contribution < 1.29 is 18.4 Å². The van der Waals surface area contributed by atoms with Crippen molar-refractivity contribution in [2.75, 3.05) is 13.1 Å². The van der Waals surface area contributed by atoms with Crippen LogP contribution in [0.25, 0.3) is 0 Å². The zero-order chi connectivity index (χ0) is 15.6. The molecule has 118 valence electrons. The van der Waals surface area contributed by atoms with Crippen molar-refractivity contribution in [3.63, 3.8) is 0 Å². The Labute approximate surface area is 127 Å². The average molecular weight is 308 g/mol. The highest BCUT2D eigenvalue weighted by atomic mass is 19.3. The van der Waals surface area contributed by atoms with Crippen LogP contribution in [0.15, 0.2) is 35.5 Å².